The van der Waals surface area contributed by atoms with Gasteiger partial charge >= 0.3 is 0 Å². The van der Waals surface area contributed by atoms with Crippen LogP contribution < -0.4 is 26.5 Å². The largest absolute Gasteiger partial charge is 0.355 e. The van der Waals surface area contributed by atoms with Gasteiger partial charge in [-0.2, -0.15) is 4.89 Å². The van der Waals surface area contributed by atoms with Gasteiger partial charge in [-0.15, -0.1) is 0 Å². The third kappa shape index (κ3) is 4.90. The van der Waals surface area contributed by atoms with Crippen LogP contribution in [0.15, 0.2) is 193 Å². The molecule has 0 amide bonds. The number of nitrogens with one attached hydrogen (secondary N) is 3. The van der Waals surface area contributed by atoms with Gasteiger partial charge in [0.05, 0.1) is 29.3 Å². The molecule has 8 aromatic rings. The van der Waals surface area contributed by atoms with E-state index in [0.29, 0.717) is 27.5 Å². The minimum atomic E-state index is -0.976. The van der Waals surface area contributed by atoms with Crippen molar-refractivity contribution in [1.29, 1.82) is 0 Å². The maximum absolute atomic E-state index is 15.1. The minimum absolute atomic E-state index is 0.155. The highest BCUT2D eigenvalue weighted by molar-refractivity contribution is 6.52. The van der Waals surface area contributed by atoms with E-state index in [2.05, 4.69) is 101 Å². The summed E-state index contributed by atoms with van der Waals surface area (Å²) in [6, 6.07) is 61.7. The zero-order chi connectivity index (χ0) is 38.8. The first-order valence-corrected chi connectivity index (χ1v) is 19.4. The van der Waals surface area contributed by atoms with E-state index in [9.17, 15) is 0 Å². The minimum Gasteiger partial charge on any atom is -0.355 e. The summed E-state index contributed by atoms with van der Waals surface area (Å²) in [6.45, 7) is 0. The Kier molecular flexibility index (Phi) is 7.61. The van der Waals surface area contributed by atoms with Gasteiger partial charge < -0.3 is 20.8 Å². The highest BCUT2D eigenvalue weighted by atomic mass is 17.2. The highest BCUT2D eigenvalue weighted by Crippen LogP contribution is 2.50. The van der Waals surface area contributed by atoms with E-state index >= 15 is 4.79 Å². The molecule has 3 aliphatic rings. The number of carbonyl (C=O) groups excluding carboxylic acids is 1. The third-order valence-corrected chi connectivity index (χ3v) is 11.7. The van der Waals surface area contributed by atoms with E-state index in [-0.39, 0.29) is 5.78 Å². The van der Waals surface area contributed by atoms with Crippen molar-refractivity contribution >= 4 is 55.5 Å². The van der Waals surface area contributed by atoms with Crippen LogP contribution in [-0.4, -0.2) is 12.9 Å². The maximum Gasteiger partial charge on any atom is 0.202 e. The lowest BCUT2D eigenvalue weighted by Gasteiger charge is -2.43. The SMILES string of the molecule is COOC1=C(c2ccc3cccc4c3c2NC(c2ccccc2)(c2ccccc2)N4)C(=O)/C1=c1\ccc2cccc3c2c1=NC(c1ccccc1)(c1ccccc1)N3. The Labute approximate surface area is 334 Å². The number of hydrogen-bond donors (Lipinski definition) is 3. The van der Waals surface area contributed by atoms with E-state index in [1.807, 2.05) is 97.1 Å². The van der Waals surface area contributed by atoms with E-state index in [0.717, 1.165) is 66.4 Å². The van der Waals surface area contributed by atoms with E-state index in [4.69, 9.17) is 14.8 Å². The van der Waals surface area contributed by atoms with Gasteiger partial charge in [0.1, 0.15) is 0 Å². The molecular weight excluding hydrogens is 717 g/mol. The molecular formula is C51H36N4O3. The smallest absolute Gasteiger partial charge is 0.202 e. The van der Waals surface area contributed by atoms with Crippen LogP contribution in [0.1, 0.15) is 27.8 Å². The molecule has 0 bridgehead atoms. The van der Waals surface area contributed by atoms with Crippen molar-refractivity contribution in [2.75, 3.05) is 23.1 Å². The van der Waals surface area contributed by atoms with Crippen LogP contribution in [0.4, 0.5) is 17.1 Å². The van der Waals surface area contributed by atoms with Gasteiger partial charge in [-0.05, 0) is 22.9 Å². The van der Waals surface area contributed by atoms with E-state index in [1.165, 1.54) is 7.11 Å². The van der Waals surface area contributed by atoms with Crippen LogP contribution in [0, 0.1) is 0 Å². The third-order valence-electron chi connectivity index (χ3n) is 11.7. The Morgan fingerprint density at radius 2 is 1.03 bits per heavy atom. The molecule has 11 rings (SSSR count). The van der Waals surface area contributed by atoms with Gasteiger partial charge in [-0.25, -0.2) is 4.99 Å². The Morgan fingerprint density at radius 1 is 0.500 bits per heavy atom. The maximum atomic E-state index is 15.1. The number of anilines is 3. The standard InChI is InChI=1S/C51H36N4O3/c1-57-58-49-44(38-30-28-32-16-14-26-40-42(32)46(38)54-50(52-40,34-18-6-2-7-19-34)35-20-8-3-9-21-35)48(56)45(49)39-31-29-33-17-15-27-41-43(33)47(39)55-51(53-41,36-22-10-4-11-23-36)37-24-12-5-13-25-37/h2-31,52-54H,1H3/b45-39-. The Hall–Kier alpha value is -7.48. The molecule has 0 unspecified atom stereocenters. The van der Waals surface area contributed by atoms with Crippen LogP contribution in [0.5, 0.6) is 0 Å². The number of ketones is 1. The number of benzene rings is 8. The molecule has 278 valence electrons. The lowest BCUT2D eigenvalue weighted by Crippen LogP contribution is -2.47. The molecule has 1 aliphatic carbocycles. The van der Waals surface area contributed by atoms with Crippen LogP contribution in [0.2, 0.25) is 0 Å². The van der Waals surface area contributed by atoms with E-state index < -0.39 is 11.3 Å². The number of carbonyl (C=O) groups is 1. The first kappa shape index (κ1) is 33.8. The fourth-order valence-electron chi connectivity index (χ4n) is 9.10. The number of rotatable bonds is 7. The molecule has 0 atom stereocenters. The summed E-state index contributed by atoms with van der Waals surface area (Å²) in [7, 11) is 1.47. The lowest BCUT2D eigenvalue weighted by molar-refractivity contribution is -0.232. The fraction of sp³-hybridized carbons (Fsp3) is 0.0588. The average molecular weight is 753 g/mol. The van der Waals surface area contributed by atoms with Gasteiger partial charge in [-0.1, -0.05) is 170 Å². The topological polar surface area (TPSA) is 84.0 Å². The number of nitrogens with zero attached hydrogens (tertiary/aromatic N) is 1. The van der Waals surface area contributed by atoms with Gasteiger partial charge in [-0.3, -0.25) is 4.79 Å². The zero-order valence-electron chi connectivity index (χ0n) is 31.5. The van der Waals surface area contributed by atoms with Gasteiger partial charge in [0.25, 0.3) is 0 Å². The number of allylic oxidation sites excluding steroid dienone is 2. The summed E-state index contributed by atoms with van der Waals surface area (Å²) in [5.41, 5.74) is 6.41. The van der Waals surface area contributed by atoms with Crippen molar-refractivity contribution < 1.29 is 14.6 Å². The molecule has 0 aromatic heterocycles. The quantitative estimate of drug-likeness (QED) is 0.111. The normalized spacial score (nSPS) is 16.7. The van der Waals surface area contributed by atoms with Crippen molar-refractivity contribution in [3.05, 3.63) is 226 Å². The lowest BCUT2D eigenvalue weighted by atomic mass is 9.79. The van der Waals surface area contributed by atoms with Crippen molar-refractivity contribution in [2.45, 2.75) is 11.3 Å². The Bertz CT molecular complexity index is 3030. The molecule has 2 aliphatic heterocycles. The monoisotopic (exact) mass is 752 g/mol. The van der Waals surface area contributed by atoms with Crippen molar-refractivity contribution in [2.24, 2.45) is 4.99 Å². The molecule has 58 heavy (non-hydrogen) atoms. The van der Waals surface area contributed by atoms with Crippen molar-refractivity contribution in [3.8, 4) is 0 Å². The summed E-state index contributed by atoms with van der Waals surface area (Å²) in [5, 5.41) is 17.0. The molecule has 2 heterocycles. The molecule has 0 fully saturated rings. The summed E-state index contributed by atoms with van der Waals surface area (Å²) < 4.78 is 0. The molecule has 7 heteroatoms. The molecule has 3 N–H and O–H groups in total. The zero-order valence-corrected chi connectivity index (χ0v) is 31.5. The van der Waals surface area contributed by atoms with Gasteiger partial charge in [0.15, 0.2) is 17.1 Å². The van der Waals surface area contributed by atoms with Crippen LogP contribution in [-0.2, 0) is 25.9 Å². The Morgan fingerprint density at radius 3 is 1.62 bits per heavy atom. The number of hydrogen-bond acceptors (Lipinski definition) is 7. The second-order valence-electron chi connectivity index (χ2n) is 14.8. The highest BCUT2D eigenvalue weighted by Gasteiger charge is 2.45. The first-order valence-electron chi connectivity index (χ1n) is 19.4. The van der Waals surface area contributed by atoms with Gasteiger partial charge in [0.2, 0.25) is 5.78 Å². The van der Waals surface area contributed by atoms with Gasteiger partial charge in [0, 0.05) is 55.2 Å². The molecule has 8 aromatic carbocycles. The second-order valence-corrected chi connectivity index (χ2v) is 14.8. The summed E-state index contributed by atoms with van der Waals surface area (Å²) in [5.74, 6) is 0.204. The molecule has 0 saturated heterocycles. The van der Waals surface area contributed by atoms with Crippen molar-refractivity contribution in [3.63, 3.8) is 0 Å². The van der Waals surface area contributed by atoms with Crippen LogP contribution >= 0.6 is 0 Å². The summed E-state index contributed by atoms with van der Waals surface area (Å²) in [4.78, 5) is 32.3. The molecule has 0 radical (unpaired) electrons. The predicted octanol–water partition coefficient (Wildman–Crippen LogP) is 9.40. The summed E-state index contributed by atoms with van der Waals surface area (Å²) in [6.07, 6.45) is 0. The fourth-order valence-corrected chi connectivity index (χ4v) is 9.10. The first-order chi connectivity index (χ1) is 28.6. The predicted molar refractivity (Wildman–Crippen MR) is 230 cm³/mol. The van der Waals surface area contributed by atoms with Crippen molar-refractivity contribution in [1.82, 2.24) is 0 Å². The van der Waals surface area contributed by atoms with Crippen LogP contribution in [0.3, 0.4) is 0 Å². The molecule has 0 saturated carbocycles. The average Bonchev–Trinajstić information content (AvgIpc) is 3.29. The molecule has 0 spiro atoms. The van der Waals surface area contributed by atoms with Crippen LogP contribution in [0.25, 0.3) is 32.7 Å². The summed E-state index contributed by atoms with van der Waals surface area (Å²) >= 11 is 0. The second kappa shape index (κ2) is 13.0. The Balaban J connectivity index is 1.19. The van der Waals surface area contributed by atoms with E-state index in [1.54, 1.807) is 0 Å². The molecule has 7 nitrogen and oxygen atoms in total. The number of Topliss-reactive ketones (excluding diaryl/α,β-unsaturated/α-hetero) is 1.